The van der Waals surface area contributed by atoms with Crippen LogP contribution in [0.25, 0.3) is 0 Å². The van der Waals surface area contributed by atoms with Crippen molar-refractivity contribution in [1.29, 1.82) is 0 Å². The molecular weight excluding hydrogens is 250 g/mol. The molecule has 1 aliphatic rings. The van der Waals surface area contributed by atoms with E-state index in [0.717, 1.165) is 13.0 Å². The lowest BCUT2D eigenvalue weighted by atomic mass is 9.98. The Bertz CT molecular complexity index is 479. The minimum absolute atomic E-state index is 0.0701. The van der Waals surface area contributed by atoms with E-state index in [9.17, 15) is 4.79 Å². The quantitative estimate of drug-likeness (QED) is 0.881. The Hall–Kier alpha value is -1.55. The third-order valence-electron chi connectivity index (χ3n) is 3.52. The van der Waals surface area contributed by atoms with E-state index in [4.69, 9.17) is 5.73 Å². The van der Waals surface area contributed by atoms with Gasteiger partial charge in [-0.25, -0.2) is 0 Å². The average Bonchev–Trinajstić information content (AvgIpc) is 2.66. The molecule has 2 rings (SSSR count). The Morgan fingerprint density at radius 3 is 2.75 bits per heavy atom. The lowest BCUT2D eigenvalue weighted by Gasteiger charge is -2.24. The number of anilines is 1. The Morgan fingerprint density at radius 1 is 1.40 bits per heavy atom. The molecule has 3 N–H and O–H groups in total. The second kappa shape index (κ2) is 5.83. The predicted octanol–water partition coefficient (Wildman–Crippen LogP) is 1.85. The maximum absolute atomic E-state index is 12.1. The number of hydrogen-bond donors (Lipinski definition) is 2. The molecule has 20 heavy (non-hydrogen) atoms. The van der Waals surface area contributed by atoms with E-state index in [-0.39, 0.29) is 11.4 Å². The largest absolute Gasteiger partial charge is 0.361 e. The maximum Gasteiger partial charge on any atom is 0.239 e. The minimum Gasteiger partial charge on any atom is -0.361 e. The number of amides is 1. The van der Waals surface area contributed by atoms with E-state index >= 15 is 0 Å². The number of para-hydroxylation sites is 1. The number of hydrogen-bond acceptors (Lipinski definition) is 3. The molecule has 0 saturated heterocycles. The first-order chi connectivity index (χ1) is 9.40. The first kappa shape index (κ1) is 14.9. The molecule has 0 saturated carbocycles. The fraction of sp³-hybridized carbons (Fsp3) is 0.562. The molecule has 4 heteroatoms. The molecule has 1 aromatic rings. The second-order valence-corrected chi connectivity index (χ2v) is 6.51. The number of nitrogens with one attached hydrogen (secondary N) is 1. The zero-order valence-corrected chi connectivity index (χ0v) is 12.6. The van der Waals surface area contributed by atoms with Crippen LogP contribution in [0.4, 0.5) is 5.69 Å². The molecule has 0 aromatic heterocycles. The zero-order chi connectivity index (χ0) is 14.8. The van der Waals surface area contributed by atoms with Crippen LogP contribution in [0.5, 0.6) is 0 Å². The number of fused-ring (bicyclic) bond motifs is 1. The third kappa shape index (κ3) is 3.51. The summed E-state index contributed by atoms with van der Waals surface area (Å²) in [6, 6.07) is 8.33. The third-order valence-corrected chi connectivity index (χ3v) is 3.52. The van der Waals surface area contributed by atoms with Gasteiger partial charge in [-0.05, 0) is 45.4 Å². The summed E-state index contributed by atoms with van der Waals surface area (Å²) in [5, 5.41) is 3.02. The van der Waals surface area contributed by atoms with Crippen LogP contribution in [0.15, 0.2) is 24.3 Å². The first-order valence-corrected chi connectivity index (χ1v) is 7.25. The normalized spacial score (nSPS) is 18.0. The van der Waals surface area contributed by atoms with Crippen LogP contribution in [0.1, 0.15) is 38.7 Å². The van der Waals surface area contributed by atoms with Crippen molar-refractivity contribution in [1.82, 2.24) is 5.32 Å². The van der Waals surface area contributed by atoms with Gasteiger partial charge < -0.3 is 16.0 Å². The summed E-state index contributed by atoms with van der Waals surface area (Å²) in [5.74, 6) is 0.513. The number of nitrogens with two attached hydrogens (primary N) is 1. The van der Waals surface area contributed by atoms with Crippen molar-refractivity contribution in [2.24, 2.45) is 5.73 Å². The van der Waals surface area contributed by atoms with Gasteiger partial charge in [0.15, 0.2) is 0 Å². The van der Waals surface area contributed by atoms with Gasteiger partial charge in [0.25, 0.3) is 0 Å². The summed E-state index contributed by atoms with van der Waals surface area (Å²) in [4.78, 5) is 14.3. The van der Waals surface area contributed by atoms with E-state index in [1.165, 1.54) is 11.3 Å². The highest BCUT2D eigenvalue weighted by molar-refractivity contribution is 5.83. The minimum atomic E-state index is -0.188. The van der Waals surface area contributed by atoms with Crippen LogP contribution >= 0.6 is 0 Å². The average molecular weight is 275 g/mol. The lowest BCUT2D eigenvalue weighted by Crippen LogP contribution is -2.45. The van der Waals surface area contributed by atoms with E-state index in [0.29, 0.717) is 19.0 Å². The summed E-state index contributed by atoms with van der Waals surface area (Å²) in [5.41, 5.74) is 8.01. The summed E-state index contributed by atoms with van der Waals surface area (Å²) < 4.78 is 0. The van der Waals surface area contributed by atoms with Crippen LogP contribution in [0.2, 0.25) is 0 Å². The molecular formula is C16H25N3O. The van der Waals surface area contributed by atoms with E-state index in [1.54, 1.807) is 0 Å². The van der Waals surface area contributed by atoms with Crippen LogP contribution in [0, 0.1) is 0 Å². The standard InChI is InChI=1S/C16H25N3O/c1-16(2,3)18-15(20)11-19-10-12(8-9-17)13-6-4-5-7-14(13)19/h4-7,12H,8-11,17H2,1-3H3,(H,18,20). The fourth-order valence-electron chi connectivity index (χ4n) is 2.81. The molecule has 1 aromatic carbocycles. The van der Waals surface area contributed by atoms with E-state index in [1.807, 2.05) is 26.8 Å². The predicted molar refractivity (Wildman–Crippen MR) is 83.0 cm³/mol. The SMILES string of the molecule is CC(C)(C)NC(=O)CN1CC(CCN)c2ccccc21. The molecule has 1 aliphatic heterocycles. The van der Waals surface area contributed by atoms with Gasteiger partial charge >= 0.3 is 0 Å². The van der Waals surface area contributed by atoms with Crippen LogP contribution in [-0.2, 0) is 4.79 Å². The molecule has 1 amide bonds. The summed E-state index contributed by atoms with van der Waals surface area (Å²) in [6.45, 7) is 7.98. The molecule has 110 valence electrons. The number of rotatable bonds is 4. The molecule has 0 aliphatic carbocycles. The van der Waals surface area contributed by atoms with Gasteiger partial charge in [-0.1, -0.05) is 18.2 Å². The highest BCUT2D eigenvalue weighted by Gasteiger charge is 2.29. The van der Waals surface area contributed by atoms with Crippen molar-refractivity contribution in [2.45, 2.75) is 38.6 Å². The molecule has 0 spiro atoms. The van der Waals surface area contributed by atoms with Crippen LogP contribution in [-0.4, -0.2) is 31.1 Å². The maximum atomic E-state index is 12.1. The van der Waals surface area contributed by atoms with Gasteiger partial charge in [-0.2, -0.15) is 0 Å². The van der Waals surface area contributed by atoms with Crippen molar-refractivity contribution < 1.29 is 4.79 Å². The topological polar surface area (TPSA) is 58.4 Å². The number of carbonyl (C=O) groups excluding carboxylic acids is 1. The van der Waals surface area contributed by atoms with Crippen LogP contribution in [0.3, 0.4) is 0 Å². The molecule has 0 fully saturated rings. The van der Waals surface area contributed by atoms with Gasteiger partial charge in [0.05, 0.1) is 6.54 Å². The zero-order valence-electron chi connectivity index (χ0n) is 12.6. The first-order valence-electron chi connectivity index (χ1n) is 7.25. The summed E-state index contributed by atoms with van der Waals surface area (Å²) in [7, 11) is 0. The van der Waals surface area contributed by atoms with Gasteiger partial charge in [0.2, 0.25) is 5.91 Å². The van der Waals surface area contributed by atoms with Gasteiger partial charge in [-0.15, -0.1) is 0 Å². The van der Waals surface area contributed by atoms with Crippen molar-refractivity contribution in [3.8, 4) is 0 Å². The number of carbonyl (C=O) groups is 1. The van der Waals surface area contributed by atoms with Crippen molar-refractivity contribution in [3.63, 3.8) is 0 Å². The fourth-order valence-corrected chi connectivity index (χ4v) is 2.81. The Balaban J connectivity index is 2.09. The monoisotopic (exact) mass is 275 g/mol. The summed E-state index contributed by atoms with van der Waals surface area (Å²) >= 11 is 0. The van der Waals surface area contributed by atoms with Crippen LogP contribution < -0.4 is 16.0 Å². The Labute approximate surface area is 121 Å². The van der Waals surface area contributed by atoms with E-state index < -0.39 is 0 Å². The van der Waals surface area contributed by atoms with Gasteiger partial charge in [0, 0.05) is 23.7 Å². The highest BCUT2D eigenvalue weighted by Crippen LogP contribution is 2.37. The van der Waals surface area contributed by atoms with E-state index in [2.05, 4.69) is 28.4 Å². The van der Waals surface area contributed by atoms with Crippen molar-refractivity contribution in [3.05, 3.63) is 29.8 Å². The number of nitrogens with zero attached hydrogens (tertiary/aromatic N) is 1. The highest BCUT2D eigenvalue weighted by atomic mass is 16.2. The van der Waals surface area contributed by atoms with Crippen molar-refractivity contribution in [2.75, 3.05) is 24.5 Å². The van der Waals surface area contributed by atoms with Crippen molar-refractivity contribution >= 4 is 11.6 Å². The molecule has 0 bridgehead atoms. The van der Waals surface area contributed by atoms with Gasteiger partial charge in [0.1, 0.15) is 0 Å². The smallest absolute Gasteiger partial charge is 0.239 e. The molecule has 1 atom stereocenters. The molecule has 1 unspecified atom stereocenters. The summed E-state index contributed by atoms with van der Waals surface area (Å²) in [6.07, 6.45) is 0.967. The lowest BCUT2D eigenvalue weighted by molar-refractivity contribution is -0.121. The Morgan fingerprint density at radius 2 is 2.10 bits per heavy atom. The second-order valence-electron chi connectivity index (χ2n) is 6.51. The van der Waals surface area contributed by atoms with Gasteiger partial charge in [-0.3, -0.25) is 4.79 Å². The molecule has 4 nitrogen and oxygen atoms in total. The molecule has 1 heterocycles. The molecule has 0 radical (unpaired) electrons. The number of benzene rings is 1. The Kier molecular flexibility index (Phi) is 4.33.